The molecule has 0 saturated heterocycles. The molecule has 1 heterocycles. The van der Waals surface area contributed by atoms with Crippen LogP contribution in [0.2, 0.25) is 0 Å². The second-order valence-corrected chi connectivity index (χ2v) is 2.70. The maximum Gasteiger partial charge on any atom is 0.105 e. The summed E-state index contributed by atoms with van der Waals surface area (Å²) in [4.78, 5) is 4.13. The van der Waals surface area contributed by atoms with Gasteiger partial charge in [0.2, 0.25) is 0 Å². The van der Waals surface area contributed by atoms with Gasteiger partial charge < -0.3 is 0 Å². The number of aliphatic imine (C=N–C) groups is 1. The summed E-state index contributed by atoms with van der Waals surface area (Å²) in [6, 6.07) is 0. The van der Waals surface area contributed by atoms with Crippen LogP contribution in [0.25, 0.3) is 0 Å². The minimum absolute atomic E-state index is 0.259. The minimum atomic E-state index is 0.259. The molecular weight excluding hydrogens is 118 g/mol. The highest BCUT2D eigenvalue weighted by atomic mass is 32.2. The van der Waals surface area contributed by atoms with Crippen LogP contribution in [0.3, 0.4) is 0 Å². The van der Waals surface area contributed by atoms with Crippen LogP contribution in [0.5, 0.6) is 0 Å². The van der Waals surface area contributed by atoms with E-state index in [1.165, 1.54) is 0 Å². The van der Waals surface area contributed by atoms with Gasteiger partial charge in [0.1, 0.15) is 5.25 Å². The van der Waals surface area contributed by atoms with Gasteiger partial charge in [-0.2, -0.15) is 0 Å². The zero-order valence-electron chi connectivity index (χ0n) is 4.72. The maximum atomic E-state index is 5.17. The standard InChI is InChI=1S/C6H7NS/c1-3-6-5(2)7-4-8-6/h1,6H,4H2,2H3. The van der Waals surface area contributed by atoms with E-state index in [1.807, 2.05) is 6.92 Å². The summed E-state index contributed by atoms with van der Waals surface area (Å²) < 4.78 is 0. The van der Waals surface area contributed by atoms with Crippen LogP contribution < -0.4 is 0 Å². The molecule has 0 N–H and O–H groups in total. The van der Waals surface area contributed by atoms with Gasteiger partial charge in [0.05, 0.1) is 5.88 Å². The van der Waals surface area contributed by atoms with Crippen LogP contribution in [0, 0.1) is 12.3 Å². The Hall–Kier alpha value is -0.420. The van der Waals surface area contributed by atoms with Gasteiger partial charge in [-0.05, 0) is 6.92 Å². The third kappa shape index (κ3) is 0.873. The molecule has 1 atom stereocenters. The first-order chi connectivity index (χ1) is 3.84. The molecule has 0 saturated carbocycles. The zero-order chi connectivity index (χ0) is 5.98. The highest BCUT2D eigenvalue weighted by Gasteiger charge is 2.13. The molecule has 0 aromatic carbocycles. The lowest BCUT2D eigenvalue weighted by Gasteiger charge is -1.94. The molecule has 0 radical (unpaired) electrons. The van der Waals surface area contributed by atoms with Gasteiger partial charge in [0.25, 0.3) is 0 Å². The summed E-state index contributed by atoms with van der Waals surface area (Å²) in [5.74, 6) is 3.49. The van der Waals surface area contributed by atoms with Crippen molar-refractivity contribution < 1.29 is 0 Å². The molecule has 42 valence electrons. The van der Waals surface area contributed by atoms with E-state index in [9.17, 15) is 0 Å². The van der Waals surface area contributed by atoms with Crippen molar-refractivity contribution in [1.82, 2.24) is 0 Å². The average Bonchev–Trinajstić information content (AvgIpc) is 2.14. The molecule has 1 rings (SSSR count). The van der Waals surface area contributed by atoms with Crippen LogP contribution in [0.15, 0.2) is 4.99 Å². The van der Waals surface area contributed by atoms with Crippen LogP contribution in [0.1, 0.15) is 6.92 Å². The predicted octanol–water partition coefficient (Wildman–Crippen LogP) is 1.15. The molecular formula is C6H7NS. The second kappa shape index (κ2) is 2.23. The Bertz CT molecular complexity index is 154. The number of terminal acetylenes is 1. The third-order valence-corrected chi connectivity index (χ3v) is 2.17. The number of hydrogen-bond donors (Lipinski definition) is 0. The first-order valence-corrected chi connectivity index (χ1v) is 3.48. The number of rotatable bonds is 0. The Kier molecular flexibility index (Phi) is 1.59. The van der Waals surface area contributed by atoms with E-state index in [0.29, 0.717) is 0 Å². The molecule has 1 aliphatic heterocycles. The summed E-state index contributed by atoms with van der Waals surface area (Å²) in [6.07, 6.45) is 5.17. The SMILES string of the molecule is C#CC1SCN=C1C. The monoisotopic (exact) mass is 125 g/mol. The van der Waals surface area contributed by atoms with Gasteiger partial charge in [-0.3, -0.25) is 4.99 Å². The molecule has 0 bridgehead atoms. The third-order valence-electron chi connectivity index (χ3n) is 1.09. The van der Waals surface area contributed by atoms with Gasteiger partial charge >= 0.3 is 0 Å². The minimum Gasteiger partial charge on any atom is -0.281 e. The van der Waals surface area contributed by atoms with Crippen molar-refractivity contribution in [2.75, 3.05) is 5.88 Å². The van der Waals surface area contributed by atoms with Gasteiger partial charge in [0, 0.05) is 5.71 Å². The van der Waals surface area contributed by atoms with Crippen molar-refractivity contribution in [1.29, 1.82) is 0 Å². The van der Waals surface area contributed by atoms with Crippen molar-refractivity contribution in [3.63, 3.8) is 0 Å². The van der Waals surface area contributed by atoms with Crippen molar-refractivity contribution in [2.24, 2.45) is 4.99 Å². The van der Waals surface area contributed by atoms with Crippen LogP contribution in [0.4, 0.5) is 0 Å². The Labute approximate surface area is 53.6 Å². The number of thioether (sulfide) groups is 1. The highest BCUT2D eigenvalue weighted by molar-refractivity contribution is 8.01. The molecule has 0 fully saturated rings. The molecule has 1 unspecified atom stereocenters. The molecule has 2 heteroatoms. The molecule has 0 aromatic heterocycles. The number of hydrogen-bond acceptors (Lipinski definition) is 2. The molecule has 0 aliphatic carbocycles. The molecule has 1 nitrogen and oxygen atoms in total. The quantitative estimate of drug-likeness (QED) is 0.442. The van der Waals surface area contributed by atoms with E-state index in [2.05, 4.69) is 10.9 Å². The van der Waals surface area contributed by atoms with Crippen molar-refractivity contribution >= 4 is 17.5 Å². The fourth-order valence-electron chi connectivity index (χ4n) is 0.586. The molecule has 0 aromatic rings. The normalized spacial score (nSPS) is 27.0. The Balaban J connectivity index is 2.63. The van der Waals surface area contributed by atoms with E-state index in [0.717, 1.165) is 11.6 Å². The van der Waals surface area contributed by atoms with Crippen molar-refractivity contribution in [3.8, 4) is 12.3 Å². The first kappa shape index (κ1) is 5.71. The second-order valence-electron chi connectivity index (χ2n) is 1.64. The zero-order valence-corrected chi connectivity index (χ0v) is 5.53. The Morgan fingerprint density at radius 3 is 3.00 bits per heavy atom. The summed E-state index contributed by atoms with van der Waals surface area (Å²) in [7, 11) is 0. The molecule has 0 spiro atoms. The summed E-state index contributed by atoms with van der Waals surface area (Å²) in [5, 5.41) is 0.259. The van der Waals surface area contributed by atoms with Crippen LogP contribution >= 0.6 is 11.8 Å². The summed E-state index contributed by atoms with van der Waals surface area (Å²) in [5.41, 5.74) is 1.09. The maximum absolute atomic E-state index is 5.17. The largest absolute Gasteiger partial charge is 0.281 e. The van der Waals surface area contributed by atoms with Crippen LogP contribution in [-0.2, 0) is 0 Å². The molecule has 1 aliphatic rings. The fourth-order valence-corrected chi connectivity index (χ4v) is 1.43. The van der Waals surface area contributed by atoms with E-state index in [-0.39, 0.29) is 5.25 Å². The Morgan fingerprint density at radius 2 is 2.75 bits per heavy atom. The van der Waals surface area contributed by atoms with E-state index < -0.39 is 0 Å². The highest BCUT2D eigenvalue weighted by Crippen LogP contribution is 2.18. The van der Waals surface area contributed by atoms with Crippen LogP contribution in [-0.4, -0.2) is 16.8 Å². The van der Waals surface area contributed by atoms with Crippen molar-refractivity contribution in [3.05, 3.63) is 0 Å². The molecule has 8 heavy (non-hydrogen) atoms. The lowest BCUT2D eigenvalue weighted by molar-refractivity contribution is 1.38. The predicted molar refractivity (Wildman–Crippen MR) is 38.2 cm³/mol. The van der Waals surface area contributed by atoms with Gasteiger partial charge in [-0.15, -0.1) is 18.2 Å². The lowest BCUT2D eigenvalue weighted by Crippen LogP contribution is -2.04. The lowest BCUT2D eigenvalue weighted by atomic mass is 10.3. The Morgan fingerprint density at radius 1 is 2.00 bits per heavy atom. The van der Waals surface area contributed by atoms with Gasteiger partial charge in [-0.1, -0.05) is 5.92 Å². The van der Waals surface area contributed by atoms with Gasteiger partial charge in [-0.25, -0.2) is 0 Å². The number of nitrogens with zero attached hydrogens (tertiary/aromatic N) is 1. The molecule has 0 amide bonds. The smallest absolute Gasteiger partial charge is 0.105 e. The summed E-state index contributed by atoms with van der Waals surface area (Å²) >= 11 is 1.71. The summed E-state index contributed by atoms with van der Waals surface area (Å²) in [6.45, 7) is 1.98. The van der Waals surface area contributed by atoms with E-state index >= 15 is 0 Å². The van der Waals surface area contributed by atoms with E-state index in [4.69, 9.17) is 6.42 Å². The van der Waals surface area contributed by atoms with Crippen molar-refractivity contribution in [2.45, 2.75) is 12.2 Å². The van der Waals surface area contributed by atoms with Gasteiger partial charge in [0.15, 0.2) is 0 Å². The fraction of sp³-hybridized carbons (Fsp3) is 0.500. The topological polar surface area (TPSA) is 12.4 Å². The van der Waals surface area contributed by atoms with E-state index in [1.54, 1.807) is 11.8 Å². The average molecular weight is 125 g/mol. The first-order valence-electron chi connectivity index (χ1n) is 2.43.